The minimum atomic E-state index is -0.347. The van der Waals surface area contributed by atoms with Crippen molar-refractivity contribution >= 4 is 0 Å². The van der Waals surface area contributed by atoms with E-state index >= 15 is 0 Å². The number of para-hydroxylation sites is 1. The summed E-state index contributed by atoms with van der Waals surface area (Å²) < 4.78 is 7.74. The summed E-state index contributed by atoms with van der Waals surface area (Å²) in [7, 11) is 1.98. The first-order chi connectivity index (χ1) is 9.74. The zero-order valence-corrected chi connectivity index (χ0v) is 11.7. The van der Waals surface area contributed by atoms with Crippen LogP contribution in [0.25, 0.3) is 0 Å². The number of rotatable bonds is 4. The number of benzene rings is 1. The van der Waals surface area contributed by atoms with Crippen molar-refractivity contribution in [1.82, 2.24) is 9.55 Å². The zero-order valence-electron chi connectivity index (χ0n) is 11.7. The Bertz CT molecular complexity index is 579. The fourth-order valence-electron chi connectivity index (χ4n) is 2.75. The summed E-state index contributed by atoms with van der Waals surface area (Å²) in [5.74, 6) is 2.14. The van der Waals surface area contributed by atoms with E-state index in [4.69, 9.17) is 4.74 Å². The maximum absolute atomic E-state index is 10.4. The Morgan fingerprint density at radius 1 is 1.45 bits per heavy atom. The quantitative estimate of drug-likeness (QED) is 0.925. The van der Waals surface area contributed by atoms with E-state index in [1.54, 1.807) is 6.20 Å². The lowest BCUT2D eigenvalue weighted by atomic mass is 9.90. The molecule has 0 fully saturated rings. The third-order valence-electron chi connectivity index (χ3n) is 4.04. The van der Waals surface area contributed by atoms with E-state index in [9.17, 15) is 5.11 Å². The van der Waals surface area contributed by atoms with E-state index < -0.39 is 0 Å². The Morgan fingerprint density at radius 2 is 2.30 bits per heavy atom. The molecule has 4 nitrogen and oxygen atoms in total. The maximum Gasteiger partial charge on any atom is 0.122 e. The Morgan fingerprint density at radius 3 is 3.10 bits per heavy atom. The van der Waals surface area contributed by atoms with E-state index in [2.05, 4.69) is 11.1 Å². The van der Waals surface area contributed by atoms with Gasteiger partial charge in [-0.25, -0.2) is 4.98 Å². The van der Waals surface area contributed by atoms with Crippen LogP contribution in [-0.2, 0) is 19.9 Å². The lowest BCUT2D eigenvalue weighted by Crippen LogP contribution is -2.32. The average Bonchev–Trinajstić information content (AvgIpc) is 2.89. The molecule has 0 bridgehead atoms. The van der Waals surface area contributed by atoms with Gasteiger partial charge in [0.25, 0.3) is 0 Å². The average molecular weight is 272 g/mol. The molecule has 0 aliphatic carbocycles. The van der Waals surface area contributed by atoms with Crippen molar-refractivity contribution in [3.8, 4) is 5.75 Å². The second-order valence-electron chi connectivity index (χ2n) is 5.44. The van der Waals surface area contributed by atoms with Crippen molar-refractivity contribution in [3.63, 3.8) is 0 Å². The van der Waals surface area contributed by atoms with Gasteiger partial charge < -0.3 is 14.4 Å². The monoisotopic (exact) mass is 272 g/mol. The predicted molar refractivity (Wildman–Crippen MR) is 76.7 cm³/mol. The van der Waals surface area contributed by atoms with Crippen LogP contribution in [-0.4, -0.2) is 27.4 Å². The molecule has 0 saturated carbocycles. The highest BCUT2D eigenvalue weighted by Crippen LogP contribution is 2.29. The zero-order chi connectivity index (χ0) is 13.9. The molecule has 0 saturated heterocycles. The third-order valence-corrected chi connectivity index (χ3v) is 4.04. The van der Waals surface area contributed by atoms with E-state index in [1.807, 2.05) is 36.0 Å². The molecule has 1 aromatic heterocycles. The molecule has 20 heavy (non-hydrogen) atoms. The van der Waals surface area contributed by atoms with Crippen molar-refractivity contribution in [1.29, 1.82) is 0 Å². The molecule has 1 N–H and O–H groups in total. The molecular formula is C16H20N2O2. The molecule has 0 spiro atoms. The number of aliphatic hydroxyl groups excluding tert-OH is 1. The molecule has 4 heteroatoms. The number of fused-ring (bicyclic) bond motifs is 1. The van der Waals surface area contributed by atoms with Gasteiger partial charge in [-0.15, -0.1) is 0 Å². The van der Waals surface area contributed by atoms with Crippen LogP contribution in [0, 0.1) is 5.92 Å². The van der Waals surface area contributed by atoms with E-state index in [0.717, 1.165) is 30.8 Å². The predicted octanol–water partition coefficient (Wildman–Crippen LogP) is 1.96. The number of hydrogen-bond donors (Lipinski definition) is 1. The lowest BCUT2D eigenvalue weighted by Gasteiger charge is -2.28. The van der Waals surface area contributed by atoms with Gasteiger partial charge in [-0.2, -0.15) is 0 Å². The minimum absolute atomic E-state index is 0.171. The molecular weight excluding hydrogens is 252 g/mol. The summed E-state index contributed by atoms with van der Waals surface area (Å²) in [6.45, 7) is 0.596. The largest absolute Gasteiger partial charge is 0.493 e. The highest BCUT2D eigenvalue weighted by Gasteiger charge is 2.26. The molecule has 1 aliphatic heterocycles. The molecule has 1 aromatic carbocycles. The van der Waals surface area contributed by atoms with Crippen LogP contribution in [0.2, 0.25) is 0 Å². The van der Waals surface area contributed by atoms with E-state index in [1.165, 1.54) is 5.56 Å². The Hall–Kier alpha value is -1.81. The van der Waals surface area contributed by atoms with Crippen molar-refractivity contribution < 1.29 is 9.84 Å². The molecule has 106 valence electrons. The SMILES string of the molecule is Cn1ccnc1CCC(O)C1COc2ccccc2C1. The van der Waals surface area contributed by atoms with Gasteiger partial charge in [0.1, 0.15) is 11.6 Å². The number of hydrogen-bond acceptors (Lipinski definition) is 3. The second-order valence-corrected chi connectivity index (χ2v) is 5.44. The molecule has 3 rings (SSSR count). The van der Waals surface area contributed by atoms with Crippen molar-refractivity contribution in [3.05, 3.63) is 48.0 Å². The maximum atomic E-state index is 10.4. The highest BCUT2D eigenvalue weighted by atomic mass is 16.5. The lowest BCUT2D eigenvalue weighted by molar-refractivity contribution is 0.0585. The van der Waals surface area contributed by atoms with Gasteiger partial charge in [-0.05, 0) is 24.5 Å². The van der Waals surface area contributed by atoms with Gasteiger partial charge in [0, 0.05) is 31.8 Å². The van der Waals surface area contributed by atoms with Gasteiger partial charge in [0.05, 0.1) is 12.7 Å². The van der Waals surface area contributed by atoms with Gasteiger partial charge >= 0.3 is 0 Å². The van der Waals surface area contributed by atoms with Crippen molar-refractivity contribution in [2.45, 2.75) is 25.4 Å². The van der Waals surface area contributed by atoms with E-state index in [0.29, 0.717) is 6.61 Å². The van der Waals surface area contributed by atoms with Crippen LogP contribution < -0.4 is 4.74 Å². The smallest absolute Gasteiger partial charge is 0.122 e. The van der Waals surface area contributed by atoms with Crippen molar-refractivity contribution in [2.75, 3.05) is 6.61 Å². The number of ether oxygens (including phenoxy) is 1. The van der Waals surface area contributed by atoms with E-state index in [-0.39, 0.29) is 12.0 Å². The molecule has 2 unspecified atom stereocenters. The summed E-state index contributed by atoms with van der Waals surface area (Å²) >= 11 is 0. The van der Waals surface area contributed by atoms with Gasteiger partial charge in [-0.1, -0.05) is 18.2 Å². The number of aliphatic hydroxyl groups is 1. The van der Waals surface area contributed by atoms with Gasteiger partial charge in [0.2, 0.25) is 0 Å². The first-order valence-electron chi connectivity index (χ1n) is 7.09. The van der Waals surface area contributed by atoms with Crippen LogP contribution in [0.15, 0.2) is 36.7 Å². The molecule has 0 radical (unpaired) electrons. The van der Waals surface area contributed by atoms with Crippen LogP contribution in [0.4, 0.5) is 0 Å². The number of nitrogens with zero attached hydrogens (tertiary/aromatic N) is 2. The van der Waals surface area contributed by atoms with Gasteiger partial charge in [0.15, 0.2) is 0 Å². The fourth-order valence-corrected chi connectivity index (χ4v) is 2.75. The minimum Gasteiger partial charge on any atom is -0.493 e. The number of aryl methyl sites for hydroxylation is 2. The van der Waals surface area contributed by atoms with Crippen LogP contribution in [0.5, 0.6) is 5.75 Å². The summed E-state index contributed by atoms with van der Waals surface area (Å²) in [4.78, 5) is 4.29. The first-order valence-corrected chi connectivity index (χ1v) is 7.09. The summed E-state index contributed by atoms with van der Waals surface area (Å²) in [6, 6.07) is 8.07. The first kappa shape index (κ1) is 13.2. The van der Waals surface area contributed by atoms with Gasteiger partial charge in [-0.3, -0.25) is 0 Å². The fraction of sp³-hybridized carbons (Fsp3) is 0.438. The summed E-state index contributed by atoms with van der Waals surface area (Å²) in [5, 5.41) is 10.4. The summed E-state index contributed by atoms with van der Waals surface area (Å²) in [5.41, 5.74) is 1.19. The Kier molecular flexibility index (Phi) is 3.74. The molecule has 2 atom stereocenters. The van der Waals surface area contributed by atoms with Crippen LogP contribution >= 0.6 is 0 Å². The van der Waals surface area contributed by atoms with Crippen molar-refractivity contribution in [2.24, 2.45) is 13.0 Å². The topological polar surface area (TPSA) is 47.3 Å². The molecule has 0 amide bonds. The number of imidazole rings is 1. The normalized spacial score (nSPS) is 19.2. The second kappa shape index (κ2) is 5.67. The Balaban J connectivity index is 1.59. The molecule has 1 aliphatic rings. The third kappa shape index (κ3) is 2.70. The number of aromatic nitrogens is 2. The Labute approximate surface area is 119 Å². The summed E-state index contributed by atoms with van der Waals surface area (Å²) in [6.07, 6.45) is 5.78. The highest BCUT2D eigenvalue weighted by molar-refractivity contribution is 5.35. The van der Waals surface area contributed by atoms with Crippen LogP contribution in [0.1, 0.15) is 17.8 Å². The molecule has 2 aromatic rings. The molecule has 2 heterocycles. The van der Waals surface area contributed by atoms with Crippen LogP contribution in [0.3, 0.4) is 0 Å². The standard InChI is InChI=1S/C16H20N2O2/c1-18-9-8-17-16(18)7-6-14(19)13-10-12-4-2-3-5-15(12)20-11-13/h2-5,8-9,13-14,19H,6-7,10-11H2,1H3.